The second-order valence-electron chi connectivity index (χ2n) is 4.30. The number of allylic oxidation sites excluding steroid dienone is 2. The van der Waals surface area contributed by atoms with Crippen LogP contribution in [0.25, 0.3) is 0 Å². The van der Waals surface area contributed by atoms with Crippen molar-refractivity contribution in [2.45, 2.75) is 0 Å². The molecule has 1 aromatic carbocycles. The molecule has 6 heteroatoms. The SMILES string of the molecule is COC(=O)C1=C(C(=O)OC)N(c2cccc(F)c2)C=CC=C1. The summed E-state index contributed by atoms with van der Waals surface area (Å²) < 4.78 is 22.9. The Morgan fingerprint density at radius 1 is 1.09 bits per heavy atom. The van der Waals surface area contributed by atoms with Crippen LogP contribution < -0.4 is 4.90 Å². The van der Waals surface area contributed by atoms with Crippen LogP contribution in [0.4, 0.5) is 10.1 Å². The second kappa shape index (κ2) is 6.71. The Morgan fingerprint density at radius 2 is 1.82 bits per heavy atom. The van der Waals surface area contributed by atoms with Gasteiger partial charge in [-0.15, -0.1) is 0 Å². The Morgan fingerprint density at radius 3 is 2.45 bits per heavy atom. The molecule has 0 amide bonds. The molecule has 5 nitrogen and oxygen atoms in total. The van der Waals surface area contributed by atoms with E-state index in [1.165, 1.54) is 49.6 Å². The smallest absolute Gasteiger partial charge is 0.355 e. The Hall–Kier alpha value is -2.89. The third-order valence-electron chi connectivity index (χ3n) is 2.98. The van der Waals surface area contributed by atoms with Gasteiger partial charge in [0.25, 0.3) is 0 Å². The summed E-state index contributed by atoms with van der Waals surface area (Å²) in [7, 11) is 2.41. The van der Waals surface area contributed by atoms with E-state index in [9.17, 15) is 14.0 Å². The van der Waals surface area contributed by atoms with Crippen LogP contribution in [-0.4, -0.2) is 26.2 Å². The Bertz CT molecular complexity index is 691. The van der Waals surface area contributed by atoms with Crippen LogP contribution in [-0.2, 0) is 19.1 Å². The number of nitrogens with zero attached hydrogens (tertiary/aromatic N) is 1. The van der Waals surface area contributed by atoms with Crippen LogP contribution in [0.2, 0.25) is 0 Å². The lowest BCUT2D eigenvalue weighted by atomic mass is 10.1. The summed E-state index contributed by atoms with van der Waals surface area (Å²) >= 11 is 0. The molecule has 0 saturated carbocycles. The van der Waals surface area contributed by atoms with Crippen molar-refractivity contribution in [3.05, 3.63) is 65.8 Å². The number of halogens is 1. The predicted octanol–water partition coefficient (Wildman–Crippen LogP) is 2.32. The van der Waals surface area contributed by atoms with Gasteiger partial charge in [0.2, 0.25) is 0 Å². The Kier molecular flexibility index (Phi) is 4.73. The molecule has 0 aromatic heterocycles. The number of esters is 2. The Balaban J connectivity index is 2.64. The van der Waals surface area contributed by atoms with Crippen LogP contribution >= 0.6 is 0 Å². The first kappa shape index (κ1) is 15.5. The van der Waals surface area contributed by atoms with Gasteiger partial charge in [0, 0.05) is 11.9 Å². The highest BCUT2D eigenvalue weighted by Crippen LogP contribution is 2.26. The normalized spacial score (nSPS) is 13.9. The van der Waals surface area contributed by atoms with Gasteiger partial charge in [0.15, 0.2) is 0 Å². The minimum absolute atomic E-state index is 0.0172. The zero-order valence-corrected chi connectivity index (χ0v) is 12.1. The standard InChI is InChI=1S/C16H14FNO4/c1-21-15(19)13-8-3-4-9-18(14(13)16(20)22-2)12-7-5-6-11(17)10-12/h3-10H,1-2H3. The number of anilines is 1. The molecule has 1 aliphatic rings. The summed E-state index contributed by atoms with van der Waals surface area (Å²) in [6.45, 7) is 0. The molecule has 0 atom stereocenters. The molecule has 0 aliphatic carbocycles. The highest BCUT2D eigenvalue weighted by molar-refractivity contribution is 6.05. The quantitative estimate of drug-likeness (QED) is 0.802. The number of hydrogen-bond donors (Lipinski definition) is 0. The maximum absolute atomic E-state index is 13.5. The first-order valence-electron chi connectivity index (χ1n) is 6.39. The van der Waals surface area contributed by atoms with E-state index in [1.54, 1.807) is 18.2 Å². The van der Waals surface area contributed by atoms with Gasteiger partial charge in [0.1, 0.15) is 11.5 Å². The number of ether oxygens (including phenoxy) is 2. The molecule has 0 saturated heterocycles. The van der Waals surface area contributed by atoms with Gasteiger partial charge in [-0.25, -0.2) is 14.0 Å². The maximum Gasteiger partial charge on any atom is 0.355 e. The van der Waals surface area contributed by atoms with Crippen LogP contribution in [0.1, 0.15) is 0 Å². The summed E-state index contributed by atoms with van der Waals surface area (Å²) in [6.07, 6.45) is 6.17. The van der Waals surface area contributed by atoms with Gasteiger partial charge in [-0.2, -0.15) is 0 Å². The van der Waals surface area contributed by atoms with Gasteiger partial charge >= 0.3 is 11.9 Å². The topological polar surface area (TPSA) is 55.8 Å². The largest absolute Gasteiger partial charge is 0.465 e. The van der Waals surface area contributed by atoms with E-state index in [4.69, 9.17) is 9.47 Å². The van der Waals surface area contributed by atoms with E-state index < -0.39 is 17.8 Å². The fourth-order valence-electron chi connectivity index (χ4n) is 1.99. The van der Waals surface area contributed by atoms with E-state index in [0.717, 1.165) is 0 Å². The number of benzene rings is 1. The molecular formula is C16H14FNO4. The molecule has 114 valence electrons. The fourth-order valence-corrected chi connectivity index (χ4v) is 1.99. The van der Waals surface area contributed by atoms with Crippen molar-refractivity contribution in [3.8, 4) is 0 Å². The molecule has 1 aliphatic heterocycles. The van der Waals surface area contributed by atoms with Crippen molar-refractivity contribution in [1.29, 1.82) is 0 Å². The van der Waals surface area contributed by atoms with Gasteiger partial charge < -0.3 is 14.4 Å². The van der Waals surface area contributed by atoms with Gasteiger partial charge in [-0.1, -0.05) is 12.1 Å². The van der Waals surface area contributed by atoms with E-state index in [1.807, 2.05) is 0 Å². The van der Waals surface area contributed by atoms with E-state index >= 15 is 0 Å². The third kappa shape index (κ3) is 3.06. The average Bonchev–Trinajstić information content (AvgIpc) is 2.76. The third-order valence-corrected chi connectivity index (χ3v) is 2.98. The van der Waals surface area contributed by atoms with Crippen LogP contribution in [0.3, 0.4) is 0 Å². The first-order chi connectivity index (χ1) is 10.6. The monoisotopic (exact) mass is 303 g/mol. The number of carbonyl (C=O) groups is 2. The van der Waals surface area contributed by atoms with Crippen molar-refractivity contribution >= 4 is 17.6 Å². The van der Waals surface area contributed by atoms with E-state index in [-0.39, 0.29) is 11.3 Å². The number of carbonyl (C=O) groups excluding carboxylic acids is 2. The highest BCUT2D eigenvalue weighted by atomic mass is 19.1. The minimum atomic E-state index is -0.735. The Labute approximate surface area is 126 Å². The second-order valence-corrected chi connectivity index (χ2v) is 4.30. The zero-order valence-electron chi connectivity index (χ0n) is 12.1. The summed E-state index contributed by atoms with van der Waals surface area (Å²) in [4.78, 5) is 25.4. The summed E-state index contributed by atoms with van der Waals surface area (Å²) in [6, 6.07) is 5.64. The molecule has 0 fully saturated rings. The number of rotatable bonds is 3. The number of methoxy groups -OCH3 is 2. The summed E-state index contributed by atoms with van der Waals surface area (Å²) in [5.41, 5.74) is 0.343. The fraction of sp³-hybridized carbons (Fsp3) is 0.125. The molecule has 1 heterocycles. The number of hydrogen-bond acceptors (Lipinski definition) is 5. The van der Waals surface area contributed by atoms with Crippen molar-refractivity contribution < 1.29 is 23.5 Å². The van der Waals surface area contributed by atoms with Crippen molar-refractivity contribution in [2.24, 2.45) is 0 Å². The van der Waals surface area contributed by atoms with Crippen molar-refractivity contribution in [1.82, 2.24) is 0 Å². The van der Waals surface area contributed by atoms with Crippen molar-refractivity contribution in [2.75, 3.05) is 19.1 Å². The zero-order chi connectivity index (χ0) is 16.1. The molecule has 0 spiro atoms. The molecule has 0 bridgehead atoms. The lowest BCUT2D eigenvalue weighted by Gasteiger charge is -2.23. The average molecular weight is 303 g/mol. The van der Waals surface area contributed by atoms with Crippen molar-refractivity contribution in [3.63, 3.8) is 0 Å². The molecule has 0 radical (unpaired) electrons. The van der Waals surface area contributed by atoms with Gasteiger partial charge in [-0.05, 0) is 30.4 Å². The minimum Gasteiger partial charge on any atom is -0.465 e. The molecule has 2 rings (SSSR count). The molecule has 0 unspecified atom stereocenters. The van der Waals surface area contributed by atoms with Crippen LogP contribution in [0.15, 0.2) is 60.0 Å². The van der Waals surface area contributed by atoms with Gasteiger partial charge in [0.05, 0.1) is 19.8 Å². The van der Waals surface area contributed by atoms with E-state index in [0.29, 0.717) is 5.69 Å². The summed E-state index contributed by atoms with van der Waals surface area (Å²) in [5.74, 6) is -1.89. The highest BCUT2D eigenvalue weighted by Gasteiger charge is 2.27. The predicted molar refractivity (Wildman–Crippen MR) is 78.2 cm³/mol. The van der Waals surface area contributed by atoms with Crippen LogP contribution in [0, 0.1) is 5.82 Å². The lowest BCUT2D eigenvalue weighted by Crippen LogP contribution is -2.27. The molecule has 0 N–H and O–H groups in total. The molecular weight excluding hydrogens is 289 g/mol. The van der Waals surface area contributed by atoms with Gasteiger partial charge in [-0.3, -0.25) is 0 Å². The first-order valence-corrected chi connectivity index (χ1v) is 6.39. The molecule has 1 aromatic rings. The lowest BCUT2D eigenvalue weighted by molar-refractivity contribution is -0.139. The van der Waals surface area contributed by atoms with Crippen LogP contribution in [0.5, 0.6) is 0 Å². The molecule has 22 heavy (non-hydrogen) atoms. The maximum atomic E-state index is 13.5. The summed E-state index contributed by atoms with van der Waals surface area (Å²) in [5, 5.41) is 0. The van der Waals surface area contributed by atoms with E-state index in [2.05, 4.69) is 0 Å².